The van der Waals surface area contributed by atoms with Crippen molar-refractivity contribution >= 4 is 5.91 Å². The molecular weight excluding hydrogens is 252 g/mol. The Labute approximate surface area is 120 Å². The molecule has 1 fully saturated rings. The highest BCUT2D eigenvalue weighted by Crippen LogP contribution is 2.31. The van der Waals surface area contributed by atoms with Gasteiger partial charge < -0.3 is 15.8 Å². The van der Waals surface area contributed by atoms with Gasteiger partial charge in [-0.2, -0.15) is 0 Å². The summed E-state index contributed by atoms with van der Waals surface area (Å²) < 4.78 is 5.24. The minimum absolute atomic E-state index is 0.0743. The van der Waals surface area contributed by atoms with Gasteiger partial charge in [-0.3, -0.25) is 4.79 Å². The second-order valence-electron chi connectivity index (χ2n) is 5.80. The maximum atomic E-state index is 10.6. The van der Waals surface area contributed by atoms with E-state index in [1.807, 2.05) is 24.3 Å². The third kappa shape index (κ3) is 3.97. The van der Waals surface area contributed by atoms with Crippen LogP contribution in [-0.4, -0.2) is 18.6 Å². The van der Waals surface area contributed by atoms with E-state index in [1.165, 1.54) is 18.4 Å². The first-order valence-corrected chi connectivity index (χ1v) is 7.29. The number of primary amides is 1. The number of nitrogens with one attached hydrogen (secondary N) is 1. The normalized spacial score (nSPS) is 25.6. The van der Waals surface area contributed by atoms with Crippen molar-refractivity contribution in [2.75, 3.05) is 6.61 Å². The number of amides is 1. The zero-order chi connectivity index (χ0) is 14.5. The van der Waals surface area contributed by atoms with Crippen LogP contribution in [0.25, 0.3) is 0 Å². The lowest BCUT2D eigenvalue weighted by atomic mass is 9.98. The van der Waals surface area contributed by atoms with Gasteiger partial charge in [0.2, 0.25) is 0 Å². The Balaban J connectivity index is 1.80. The summed E-state index contributed by atoms with van der Waals surface area (Å²) in [7, 11) is 0. The Hall–Kier alpha value is -1.55. The van der Waals surface area contributed by atoms with E-state index >= 15 is 0 Å². The predicted molar refractivity (Wildman–Crippen MR) is 79.3 cm³/mol. The molecule has 2 rings (SSSR count). The molecule has 1 saturated carbocycles. The van der Waals surface area contributed by atoms with Crippen molar-refractivity contribution in [3.05, 3.63) is 29.8 Å². The highest BCUT2D eigenvalue weighted by Gasteiger charge is 2.28. The summed E-state index contributed by atoms with van der Waals surface area (Å²) in [6, 6.07) is 8.41. The number of ether oxygens (including phenoxy) is 1. The number of nitrogens with two attached hydrogens (primary N) is 1. The third-order valence-electron chi connectivity index (χ3n) is 4.34. The molecule has 0 heterocycles. The molecule has 3 unspecified atom stereocenters. The molecule has 0 aliphatic heterocycles. The lowest BCUT2D eigenvalue weighted by Crippen LogP contribution is -2.31. The molecular formula is C16H24N2O2. The first-order valence-electron chi connectivity index (χ1n) is 7.29. The Kier molecular flexibility index (Phi) is 5.01. The van der Waals surface area contributed by atoms with Crippen LogP contribution in [0, 0.1) is 11.8 Å². The van der Waals surface area contributed by atoms with Gasteiger partial charge in [-0.1, -0.05) is 26.0 Å². The summed E-state index contributed by atoms with van der Waals surface area (Å²) in [5, 5.41) is 3.63. The van der Waals surface area contributed by atoms with Gasteiger partial charge in [0, 0.05) is 12.6 Å². The van der Waals surface area contributed by atoms with Crippen LogP contribution >= 0.6 is 0 Å². The molecule has 0 bridgehead atoms. The van der Waals surface area contributed by atoms with Crippen molar-refractivity contribution in [3.63, 3.8) is 0 Å². The summed E-state index contributed by atoms with van der Waals surface area (Å²) in [6.07, 6.45) is 2.58. The van der Waals surface area contributed by atoms with Crippen LogP contribution < -0.4 is 15.8 Å². The Morgan fingerprint density at radius 2 is 2.00 bits per heavy atom. The minimum atomic E-state index is -0.458. The zero-order valence-corrected chi connectivity index (χ0v) is 12.3. The van der Waals surface area contributed by atoms with E-state index in [2.05, 4.69) is 19.2 Å². The standard InChI is InChI=1S/C16H24N2O2/c1-11-3-8-15(12(11)2)18-9-13-4-6-14(7-5-13)20-10-16(17)19/h4-7,11-12,15,18H,3,8-10H2,1-2H3,(H2,17,19). The monoisotopic (exact) mass is 276 g/mol. The number of rotatable bonds is 6. The van der Waals surface area contributed by atoms with Gasteiger partial charge in [-0.15, -0.1) is 0 Å². The SMILES string of the molecule is CC1CCC(NCc2ccc(OCC(N)=O)cc2)C1C. The molecule has 1 aromatic rings. The molecule has 20 heavy (non-hydrogen) atoms. The fourth-order valence-corrected chi connectivity index (χ4v) is 2.76. The maximum absolute atomic E-state index is 10.6. The van der Waals surface area contributed by atoms with Gasteiger partial charge in [0.15, 0.2) is 6.61 Å². The summed E-state index contributed by atoms with van der Waals surface area (Å²) in [5.41, 5.74) is 6.26. The predicted octanol–water partition coefficient (Wildman–Crippen LogP) is 2.07. The number of hydrogen-bond acceptors (Lipinski definition) is 3. The molecule has 4 nitrogen and oxygen atoms in total. The van der Waals surface area contributed by atoms with Gasteiger partial charge in [-0.25, -0.2) is 0 Å². The van der Waals surface area contributed by atoms with Gasteiger partial charge in [-0.05, 0) is 42.4 Å². The van der Waals surface area contributed by atoms with Crippen LogP contribution in [-0.2, 0) is 11.3 Å². The number of benzene rings is 1. The Bertz CT molecular complexity index is 444. The molecule has 4 heteroatoms. The average molecular weight is 276 g/mol. The van der Waals surface area contributed by atoms with E-state index in [4.69, 9.17) is 10.5 Å². The van der Waals surface area contributed by atoms with Crippen molar-refractivity contribution in [2.45, 2.75) is 39.3 Å². The fourth-order valence-electron chi connectivity index (χ4n) is 2.76. The highest BCUT2D eigenvalue weighted by molar-refractivity contribution is 5.75. The third-order valence-corrected chi connectivity index (χ3v) is 4.34. The largest absolute Gasteiger partial charge is 0.484 e. The summed E-state index contributed by atoms with van der Waals surface area (Å²) in [6.45, 7) is 5.46. The second-order valence-corrected chi connectivity index (χ2v) is 5.80. The van der Waals surface area contributed by atoms with E-state index in [0.717, 1.165) is 18.4 Å². The number of carbonyl (C=O) groups excluding carboxylic acids is 1. The lowest BCUT2D eigenvalue weighted by Gasteiger charge is -2.19. The first kappa shape index (κ1) is 14.9. The van der Waals surface area contributed by atoms with Crippen molar-refractivity contribution in [1.82, 2.24) is 5.32 Å². The lowest BCUT2D eigenvalue weighted by molar-refractivity contribution is -0.119. The van der Waals surface area contributed by atoms with Crippen LogP contribution in [0.2, 0.25) is 0 Å². The first-order chi connectivity index (χ1) is 9.56. The van der Waals surface area contributed by atoms with Crippen LogP contribution in [0.1, 0.15) is 32.3 Å². The average Bonchev–Trinajstić information content (AvgIpc) is 2.75. The molecule has 1 aliphatic rings. The van der Waals surface area contributed by atoms with Gasteiger partial charge in [0.05, 0.1) is 0 Å². The van der Waals surface area contributed by atoms with Crippen LogP contribution in [0.15, 0.2) is 24.3 Å². The Morgan fingerprint density at radius 3 is 2.55 bits per heavy atom. The zero-order valence-electron chi connectivity index (χ0n) is 12.3. The quantitative estimate of drug-likeness (QED) is 0.836. The molecule has 0 spiro atoms. The second kappa shape index (κ2) is 6.75. The molecule has 110 valence electrons. The topological polar surface area (TPSA) is 64.3 Å². The van der Waals surface area contributed by atoms with Crippen LogP contribution in [0.5, 0.6) is 5.75 Å². The van der Waals surface area contributed by atoms with Crippen LogP contribution in [0.4, 0.5) is 0 Å². The van der Waals surface area contributed by atoms with Gasteiger partial charge >= 0.3 is 0 Å². The van der Waals surface area contributed by atoms with Crippen LogP contribution in [0.3, 0.4) is 0 Å². The molecule has 3 atom stereocenters. The molecule has 0 saturated heterocycles. The molecule has 1 aliphatic carbocycles. The van der Waals surface area contributed by atoms with E-state index < -0.39 is 5.91 Å². The fraction of sp³-hybridized carbons (Fsp3) is 0.562. The minimum Gasteiger partial charge on any atom is -0.484 e. The van der Waals surface area contributed by atoms with Gasteiger partial charge in [0.1, 0.15) is 5.75 Å². The van der Waals surface area contributed by atoms with E-state index in [1.54, 1.807) is 0 Å². The van der Waals surface area contributed by atoms with Crippen molar-refractivity contribution in [1.29, 1.82) is 0 Å². The Morgan fingerprint density at radius 1 is 1.30 bits per heavy atom. The number of carbonyl (C=O) groups is 1. The molecule has 0 aromatic heterocycles. The molecule has 3 N–H and O–H groups in total. The summed E-state index contributed by atoms with van der Waals surface area (Å²) >= 11 is 0. The van der Waals surface area contributed by atoms with Crippen molar-refractivity contribution in [3.8, 4) is 5.75 Å². The summed E-state index contributed by atoms with van der Waals surface area (Å²) in [5.74, 6) is 1.78. The highest BCUT2D eigenvalue weighted by atomic mass is 16.5. The smallest absolute Gasteiger partial charge is 0.255 e. The van der Waals surface area contributed by atoms with E-state index in [9.17, 15) is 4.79 Å². The molecule has 1 aromatic carbocycles. The molecule has 0 radical (unpaired) electrons. The van der Waals surface area contributed by atoms with E-state index in [-0.39, 0.29) is 6.61 Å². The molecule has 1 amide bonds. The van der Waals surface area contributed by atoms with E-state index in [0.29, 0.717) is 11.8 Å². The summed E-state index contributed by atoms with van der Waals surface area (Å²) in [4.78, 5) is 10.6. The van der Waals surface area contributed by atoms with Crippen molar-refractivity contribution < 1.29 is 9.53 Å². The van der Waals surface area contributed by atoms with Crippen molar-refractivity contribution in [2.24, 2.45) is 17.6 Å². The van der Waals surface area contributed by atoms with Gasteiger partial charge in [0.25, 0.3) is 5.91 Å². The number of hydrogen-bond donors (Lipinski definition) is 2. The maximum Gasteiger partial charge on any atom is 0.255 e.